The number of halogens is 1. The van der Waals surface area contributed by atoms with E-state index in [1.54, 1.807) is 51.6 Å². The number of thioether (sulfide) groups is 1. The van der Waals surface area contributed by atoms with Crippen LogP contribution in [-0.4, -0.2) is 37.2 Å². The van der Waals surface area contributed by atoms with Crippen LogP contribution < -0.4 is 9.47 Å². The lowest BCUT2D eigenvalue weighted by Crippen LogP contribution is -2.23. The van der Waals surface area contributed by atoms with Gasteiger partial charge in [-0.15, -0.1) is 0 Å². The van der Waals surface area contributed by atoms with Crippen molar-refractivity contribution < 1.29 is 18.7 Å². The molecular formula is C19H17FN2O3S. The van der Waals surface area contributed by atoms with Crippen LogP contribution in [0, 0.1) is 5.82 Å². The van der Waals surface area contributed by atoms with Crippen molar-refractivity contribution >= 4 is 34.6 Å². The molecule has 7 heteroatoms. The van der Waals surface area contributed by atoms with Crippen LogP contribution >= 0.6 is 11.8 Å². The van der Waals surface area contributed by atoms with E-state index in [0.717, 1.165) is 0 Å². The number of para-hydroxylation sites is 2. The summed E-state index contributed by atoms with van der Waals surface area (Å²) in [6.45, 7) is 0. The van der Waals surface area contributed by atoms with Crippen LogP contribution in [0.5, 0.6) is 11.5 Å². The summed E-state index contributed by atoms with van der Waals surface area (Å²) < 4.78 is 24.5. The second-order valence-electron chi connectivity index (χ2n) is 5.40. The van der Waals surface area contributed by atoms with Gasteiger partial charge in [0.1, 0.15) is 11.5 Å². The summed E-state index contributed by atoms with van der Waals surface area (Å²) in [6, 6.07) is 11.6. The first kappa shape index (κ1) is 18.0. The maximum atomic E-state index is 13.8. The van der Waals surface area contributed by atoms with Gasteiger partial charge in [0.15, 0.2) is 16.7 Å². The van der Waals surface area contributed by atoms with E-state index in [2.05, 4.69) is 4.99 Å². The number of ether oxygens (including phenoxy) is 2. The highest BCUT2D eigenvalue weighted by molar-refractivity contribution is 8.18. The minimum atomic E-state index is -0.437. The second kappa shape index (κ2) is 7.61. The number of rotatable bonds is 4. The molecular weight excluding hydrogens is 355 g/mol. The Morgan fingerprint density at radius 3 is 2.58 bits per heavy atom. The van der Waals surface area contributed by atoms with Crippen molar-refractivity contribution in [3.8, 4) is 11.5 Å². The quantitative estimate of drug-likeness (QED) is 0.759. The van der Waals surface area contributed by atoms with E-state index in [-0.39, 0.29) is 11.6 Å². The molecule has 2 aromatic carbocycles. The van der Waals surface area contributed by atoms with Crippen molar-refractivity contribution in [2.24, 2.45) is 4.99 Å². The Bertz CT molecular complexity index is 911. The van der Waals surface area contributed by atoms with E-state index in [4.69, 9.17) is 9.47 Å². The molecule has 0 bridgehead atoms. The van der Waals surface area contributed by atoms with Gasteiger partial charge in [0.25, 0.3) is 5.91 Å². The number of amides is 1. The maximum Gasteiger partial charge on any atom is 0.266 e. The third-order valence-corrected chi connectivity index (χ3v) is 4.85. The molecule has 134 valence electrons. The van der Waals surface area contributed by atoms with E-state index >= 15 is 0 Å². The van der Waals surface area contributed by atoms with Crippen LogP contribution in [0.15, 0.2) is 52.4 Å². The Balaban J connectivity index is 1.97. The number of amidine groups is 1. The lowest BCUT2D eigenvalue weighted by Gasteiger charge is -2.10. The van der Waals surface area contributed by atoms with Crippen LogP contribution in [0.25, 0.3) is 6.08 Å². The minimum Gasteiger partial charge on any atom is -0.493 e. The van der Waals surface area contributed by atoms with Crippen LogP contribution in [0.1, 0.15) is 5.56 Å². The van der Waals surface area contributed by atoms with Crippen LogP contribution in [0.4, 0.5) is 10.1 Å². The molecule has 1 saturated heterocycles. The molecule has 0 N–H and O–H groups in total. The van der Waals surface area contributed by atoms with Crippen LogP contribution in [-0.2, 0) is 4.79 Å². The Kier molecular flexibility index (Phi) is 5.27. The van der Waals surface area contributed by atoms with E-state index in [1.807, 2.05) is 12.1 Å². The molecule has 1 fully saturated rings. The summed E-state index contributed by atoms with van der Waals surface area (Å²) in [7, 11) is 4.70. The van der Waals surface area contributed by atoms with E-state index in [1.165, 1.54) is 22.7 Å². The zero-order valence-electron chi connectivity index (χ0n) is 14.5. The largest absolute Gasteiger partial charge is 0.493 e. The summed E-state index contributed by atoms with van der Waals surface area (Å²) in [6.07, 6.45) is 1.72. The molecule has 0 unspecified atom stereocenters. The number of carbonyl (C=O) groups excluding carboxylic acids is 1. The van der Waals surface area contributed by atoms with Gasteiger partial charge in [-0.1, -0.05) is 24.3 Å². The molecule has 5 nitrogen and oxygen atoms in total. The number of aliphatic imine (C=N–C) groups is 1. The smallest absolute Gasteiger partial charge is 0.266 e. The van der Waals surface area contributed by atoms with Crippen molar-refractivity contribution in [1.29, 1.82) is 0 Å². The summed E-state index contributed by atoms with van der Waals surface area (Å²) in [5.74, 6) is 0.465. The van der Waals surface area contributed by atoms with Crippen molar-refractivity contribution in [1.82, 2.24) is 4.90 Å². The number of hydrogen-bond acceptors (Lipinski definition) is 5. The predicted octanol–water partition coefficient (Wildman–Crippen LogP) is 4.08. The van der Waals surface area contributed by atoms with Gasteiger partial charge in [0.2, 0.25) is 0 Å². The summed E-state index contributed by atoms with van der Waals surface area (Å²) in [4.78, 5) is 18.7. The number of methoxy groups -OCH3 is 2. The van der Waals surface area contributed by atoms with Gasteiger partial charge in [0, 0.05) is 12.6 Å². The monoisotopic (exact) mass is 372 g/mol. The Morgan fingerprint density at radius 1 is 1.12 bits per heavy atom. The third-order valence-electron chi connectivity index (χ3n) is 3.79. The fraction of sp³-hybridized carbons (Fsp3) is 0.158. The highest BCUT2D eigenvalue weighted by Crippen LogP contribution is 2.37. The van der Waals surface area contributed by atoms with Gasteiger partial charge in [-0.3, -0.25) is 9.69 Å². The molecule has 0 atom stereocenters. The van der Waals surface area contributed by atoms with Gasteiger partial charge in [-0.2, -0.15) is 0 Å². The van der Waals surface area contributed by atoms with Gasteiger partial charge in [-0.25, -0.2) is 9.38 Å². The summed E-state index contributed by atoms with van der Waals surface area (Å²) in [5.41, 5.74) is 0.901. The molecule has 1 amide bonds. The normalized spacial score (nSPS) is 17.2. The number of carbonyl (C=O) groups is 1. The standard InChI is InChI=1S/C19H17FN2O3S/c1-22-18(23)16(11-12-7-6-10-15(24-2)17(12)25-3)26-19(22)21-14-9-5-4-8-13(14)20/h4-11H,1-3H3/b16-11+,21-19?. The highest BCUT2D eigenvalue weighted by atomic mass is 32.2. The fourth-order valence-corrected chi connectivity index (χ4v) is 3.43. The van der Waals surface area contributed by atoms with Crippen LogP contribution in [0.2, 0.25) is 0 Å². The zero-order valence-corrected chi connectivity index (χ0v) is 15.3. The third kappa shape index (κ3) is 3.43. The predicted molar refractivity (Wildman–Crippen MR) is 101 cm³/mol. The van der Waals surface area contributed by atoms with Crippen LogP contribution in [0.3, 0.4) is 0 Å². The number of hydrogen-bond donors (Lipinski definition) is 0. The highest BCUT2D eigenvalue weighted by Gasteiger charge is 2.31. The molecule has 26 heavy (non-hydrogen) atoms. The Labute approximate surface area is 155 Å². The van der Waals surface area contributed by atoms with Gasteiger partial charge >= 0.3 is 0 Å². The number of nitrogens with zero attached hydrogens (tertiary/aromatic N) is 2. The average Bonchev–Trinajstić information content (AvgIpc) is 2.91. The molecule has 1 aliphatic heterocycles. The average molecular weight is 372 g/mol. The number of likely N-dealkylation sites (N-methyl/N-ethyl adjacent to an activating group) is 1. The van der Waals surface area contributed by atoms with Gasteiger partial charge in [-0.05, 0) is 36.0 Å². The molecule has 0 saturated carbocycles. The van der Waals surface area contributed by atoms with E-state index in [9.17, 15) is 9.18 Å². The first-order chi connectivity index (χ1) is 12.5. The second-order valence-corrected chi connectivity index (χ2v) is 6.41. The molecule has 3 rings (SSSR count). The first-order valence-electron chi connectivity index (χ1n) is 7.77. The van der Waals surface area contributed by atoms with E-state index < -0.39 is 5.82 Å². The minimum absolute atomic E-state index is 0.190. The molecule has 0 spiro atoms. The first-order valence-corrected chi connectivity index (χ1v) is 8.58. The lowest BCUT2D eigenvalue weighted by molar-refractivity contribution is -0.121. The lowest BCUT2D eigenvalue weighted by atomic mass is 10.1. The Hall–Kier alpha value is -2.80. The molecule has 0 radical (unpaired) electrons. The van der Waals surface area contributed by atoms with E-state index in [0.29, 0.717) is 27.1 Å². The van der Waals surface area contributed by atoms with Gasteiger partial charge in [0.05, 0.1) is 19.1 Å². The van der Waals surface area contributed by atoms with Crippen molar-refractivity contribution in [2.75, 3.05) is 21.3 Å². The summed E-state index contributed by atoms with van der Waals surface area (Å²) >= 11 is 1.18. The molecule has 1 heterocycles. The fourth-order valence-electron chi connectivity index (χ4n) is 2.46. The molecule has 2 aromatic rings. The molecule has 0 aromatic heterocycles. The van der Waals surface area contributed by atoms with Crippen molar-refractivity contribution in [3.63, 3.8) is 0 Å². The van der Waals surface area contributed by atoms with Gasteiger partial charge < -0.3 is 9.47 Å². The van der Waals surface area contributed by atoms with Crippen molar-refractivity contribution in [3.05, 3.63) is 58.8 Å². The molecule has 0 aliphatic carbocycles. The molecule has 1 aliphatic rings. The number of benzene rings is 2. The SMILES string of the molecule is COc1cccc(/C=C2/SC(=Nc3ccccc3F)N(C)C2=O)c1OC. The Morgan fingerprint density at radius 2 is 1.88 bits per heavy atom. The maximum absolute atomic E-state index is 13.8. The topological polar surface area (TPSA) is 51.1 Å². The van der Waals surface area contributed by atoms with Crippen molar-refractivity contribution in [2.45, 2.75) is 0 Å². The zero-order chi connectivity index (χ0) is 18.7. The summed E-state index contributed by atoms with van der Waals surface area (Å²) in [5, 5.41) is 0.410.